The number of aromatic nitrogens is 2. The molecule has 1 aliphatic heterocycles. The van der Waals surface area contributed by atoms with Crippen LogP contribution in [-0.4, -0.2) is 58.8 Å². The van der Waals surface area contributed by atoms with Crippen LogP contribution in [0.5, 0.6) is 0 Å². The van der Waals surface area contributed by atoms with Crippen LogP contribution in [0.2, 0.25) is 0 Å². The number of hydrogen-bond acceptors (Lipinski definition) is 3. The molecule has 3 rings (SSSR count). The van der Waals surface area contributed by atoms with Gasteiger partial charge in [0, 0.05) is 64.6 Å². The van der Waals surface area contributed by atoms with Crippen molar-refractivity contribution in [3.05, 3.63) is 52.8 Å². The molecule has 0 saturated carbocycles. The summed E-state index contributed by atoms with van der Waals surface area (Å²) in [5, 5.41) is 8.01. The van der Waals surface area contributed by atoms with E-state index >= 15 is 0 Å². The zero-order valence-electron chi connectivity index (χ0n) is 16.8. The van der Waals surface area contributed by atoms with Gasteiger partial charge in [-0.15, -0.1) is 24.0 Å². The van der Waals surface area contributed by atoms with E-state index in [4.69, 9.17) is 0 Å². The van der Waals surface area contributed by atoms with Gasteiger partial charge in [0.25, 0.3) is 0 Å². The molecule has 1 aromatic carbocycles. The maximum absolute atomic E-state index is 4.49. The molecule has 27 heavy (non-hydrogen) atoms. The fourth-order valence-electron chi connectivity index (χ4n) is 3.53. The Labute approximate surface area is 179 Å². The average Bonchev–Trinajstić information content (AvgIpc) is 2.90. The molecule has 1 fully saturated rings. The minimum atomic E-state index is 0. The highest BCUT2D eigenvalue weighted by Crippen LogP contribution is 2.12. The smallest absolute Gasteiger partial charge is 0.194 e. The quantitative estimate of drug-likeness (QED) is 0.414. The average molecular weight is 482 g/mol. The predicted octanol–water partition coefficient (Wildman–Crippen LogP) is 2.55. The third-order valence-corrected chi connectivity index (χ3v) is 5.21. The summed E-state index contributed by atoms with van der Waals surface area (Å²) in [6.07, 6.45) is 0. The van der Waals surface area contributed by atoms with E-state index in [1.807, 2.05) is 18.8 Å². The molecule has 7 heteroatoms. The lowest BCUT2D eigenvalue weighted by Gasteiger charge is -2.36. The maximum atomic E-state index is 4.49. The molecule has 1 saturated heterocycles. The molecular weight excluding hydrogens is 451 g/mol. The number of nitrogens with one attached hydrogen (secondary N) is 1. The Bertz CT molecular complexity index is 747. The van der Waals surface area contributed by atoms with Gasteiger partial charge in [0.2, 0.25) is 0 Å². The summed E-state index contributed by atoms with van der Waals surface area (Å²) in [7, 11) is 3.86. The fraction of sp³-hybridized carbons (Fsp3) is 0.500. The summed E-state index contributed by atoms with van der Waals surface area (Å²) >= 11 is 0. The first-order valence-corrected chi connectivity index (χ1v) is 9.29. The van der Waals surface area contributed by atoms with Gasteiger partial charge >= 0.3 is 0 Å². The number of aryl methyl sites for hydroxylation is 2. The Hall–Kier alpha value is -1.61. The molecular formula is C20H31IN6. The minimum absolute atomic E-state index is 0. The fourth-order valence-corrected chi connectivity index (χ4v) is 3.53. The SMILES string of the molecule is CN=C(NCc1c(C)nn(C)c1C)N1CCN(Cc2ccccc2)CC1.I. The number of guanidine groups is 1. The lowest BCUT2D eigenvalue weighted by molar-refractivity contribution is 0.172. The number of rotatable bonds is 4. The molecule has 0 radical (unpaired) electrons. The Kier molecular flexibility index (Phi) is 8.09. The van der Waals surface area contributed by atoms with E-state index < -0.39 is 0 Å². The molecule has 1 N–H and O–H groups in total. The molecule has 0 amide bonds. The molecule has 148 valence electrons. The lowest BCUT2D eigenvalue weighted by atomic mass is 10.2. The van der Waals surface area contributed by atoms with E-state index in [2.05, 4.69) is 69.4 Å². The zero-order chi connectivity index (χ0) is 18.5. The van der Waals surface area contributed by atoms with Crippen LogP contribution in [0.4, 0.5) is 0 Å². The Balaban J connectivity index is 0.00000261. The summed E-state index contributed by atoms with van der Waals surface area (Å²) in [5.74, 6) is 0.979. The van der Waals surface area contributed by atoms with E-state index in [-0.39, 0.29) is 24.0 Å². The second-order valence-corrected chi connectivity index (χ2v) is 6.92. The normalized spacial score (nSPS) is 15.6. The van der Waals surface area contributed by atoms with Crippen molar-refractivity contribution >= 4 is 29.9 Å². The van der Waals surface area contributed by atoms with Crippen LogP contribution in [0.25, 0.3) is 0 Å². The molecule has 2 heterocycles. The van der Waals surface area contributed by atoms with Gasteiger partial charge in [-0.1, -0.05) is 30.3 Å². The maximum Gasteiger partial charge on any atom is 0.194 e. The van der Waals surface area contributed by atoms with Crippen LogP contribution in [0, 0.1) is 13.8 Å². The zero-order valence-corrected chi connectivity index (χ0v) is 19.1. The van der Waals surface area contributed by atoms with Crippen molar-refractivity contribution in [1.29, 1.82) is 0 Å². The van der Waals surface area contributed by atoms with Crippen molar-refractivity contribution in [3.8, 4) is 0 Å². The molecule has 0 unspecified atom stereocenters. The van der Waals surface area contributed by atoms with Crippen LogP contribution in [-0.2, 0) is 20.1 Å². The molecule has 0 bridgehead atoms. The molecule has 2 aromatic rings. The highest BCUT2D eigenvalue weighted by atomic mass is 127. The third-order valence-electron chi connectivity index (χ3n) is 5.21. The molecule has 0 aliphatic carbocycles. The van der Waals surface area contributed by atoms with Crippen LogP contribution in [0.1, 0.15) is 22.5 Å². The molecule has 6 nitrogen and oxygen atoms in total. The number of piperazine rings is 1. The second-order valence-electron chi connectivity index (χ2n) is 6.92. The monoisotopic (exact) mass is 482 g/mol. The number of benzene rings is 1. The minimum Gasteiger partial charge on any atom is -0.352 e. The van der Waals surface area contributed by atoms with Crippen LogP contribution < -0.4 is 5.32 Å². The largest absolute Gasteiger partial charge is 0.352 e. The molecule has 1 aromatic heterocycles. The van der Waals surface area contributed by atoms with Crippen molar-refractivity contribution in [1.82, 2.24) is 24.9 Å². The second kappa shape index (κ2) is 10.1. The number of halogens is 1. The number of hydrogen-bond donors (Lipinski definition) is 1. The van der Waals surface area contributed by atoms with E-state index in [0.29, 0.717) is 0 Å². The Morgan fingerprint density at radius 2 is 1.78 bits per heavy atom. The standard InChI is InChI=1S/C20H30N6.HI/c1-16-19(17(2)24(4)23-16)14-22-20(21-3)26-12-10-25(11-13-26)15-18-8-6-5-7-9-18;/h5-9H,10-15H2,1-4H3,(H,21,22);1H. The van der Waals surface area contributed by atoms with Gasteiger partial charge < -0.3 is 10.2 Å². The van der Waals surface area contributed by atoms with E-state index in [1.165, 1.54) is 16.8 Å². The highest BCUT2D eigenvalue weighted by molar-refractivity contribution is 14.0. The van der Waals surface area contributed by atoms with E-state index in [9.17, 15) is 0 Å². The predicted molar refractivity (Wildman–Crippen MR) is 122 cm³/mol. The summed E-state index contributed by atoms with van der Waals surface area (Å²) in [6.45, 7) is 10.1. The van der Waals surface area contributed by atoms with Gasteiger partial charge in [-0.05, 0) is 19.4 Å². The summed E-state index contributed by atoms with van der Waals surface area (Å²) in [6, 6.07) is 10.7. The molecule has 0 spiro atoms. The van der Waals surface area contributed by atoms with E-state index in [0.717, 1.165) is 50.9 Å². The van der Waals surface area contributed by atoms with Gasteiger partial charge in [0.1, 0.15) is 0 Å². The first-order valence-electron chi connectivity index (χ1n) is 9.29. The van der Waals surface area contributed by atoms with Gasteiger partial charge in [-0.25, -0.2) is 0 Å². The third kappa shape index (κ3) is 5.44. The number of nitrogens with zero attached hydrogens (tertiary/aromatic N) is 5. The summed E-state index contributed by atoms with van der Waals surface area (Å²) < 4.78 is 1.94. The summed E-state index contributed by atoms with van der Waals surface area (Å²) in [5.41, 5.74) is 4.93. The first-order chi connectivity index (χ1) is 12.6. The number of aliphatic imine (C=N–C) groups is 1. The highest BCUT2D eigenvalue weighted by Gasteiger charge is 2.20. The molecule has 1 aliphatic rings. The van der Waals surface area contributed by atoms with Gasteiger partial charge in [-0.3, -0.25) is 14.6 Å². The van der Waals surface area contributed by atoms with Crippen LogP contribution in [0.3, 0.4) is 0 Å². The van der Waals surface area contributed by atoms with Gasteiger partial charge in [0.05, 0.1) is 5.69 Å². The lowest BCUT2D eigenvalue weighted by Crippen LogP contribution is -2.52. The van der Waals surface area contributed by atoms with Crippen LogP contribution >= 0.6 is 24.0 Å². The van der Waals surface area contributed by atoms with Crippen molar-refractivity contribution in [2.75, 3.05) is 33.2 Å². The van der Waals surface area contributed by atoms with Crippen LogP contribution in [0.15, 0.2) is 35.3 Å². The van der Waals surface area contributed by atoms with Crippen molar-refractivity contribution < 1.29 is 0 Å². The Morgan fingerprint density at radius 3 is 2.33 bits per heavy atom. The topological polar surface area (TPSA) is 48.7 Å². The summed E-state index contributed by atoms with van der Waals surface area (Å²) in [4.78, 5) is 9.35. The van der Waals surface area contributed by atoms with Gasteiger partial charge in [0.15, 0.2) is 5.96 Å². The Morgan fingerprint density at radius 1 is 1.11 bits per heavy atom. The molecule has 0 atom stereocenters. The van der Waals surface area contributed by atoms with Crippen molar-refractivity contribution in [3.63, 3.8) is 0 Å². The van der Waals surface area contributed by atoms with Crippen molar-refractivity contribution in [2.45, 2.75) is 26.9 Å². The van der Waals surface area contributed by atoms with Gasteiger partial charge in [-0.2, -0.15) is 5.10 Å². The van der Waals surface area contributed by atoms with Crippen molar-refractivity contribution in [2.24, 2.45) is 12.0 Å². The van der Waals surface area contributed by atoms with E-state index in [1.54, 1.807) is 0 Å². The first kappa shape index (κ1) is 21.7.